The molecule has 0 saturated heterocycles. The van der Waals surface area contributed by atoms with Crippen molar-refractivity contribution in [2.75, 3.05) is 21.3 Å². The van der Waals surface area contributed by atoms with Gasteiger partial charge in [-0.3, -0.25) is 20.4 Å². The van der Waals surface area contributed by atoms with Gasteiger partial charge in [-0.2, -0.15) is 0 Å². The number of carbonyl (C=O) groups excluding carboxylic acids is 2. The fraction of sp³-hybridized carbons (Fsp3) is 0.176. The third-order valence-electron chi connectivity index (χ3n) is 3.35. The molecule has 2 aromatic rings. The number of nitrogens with one attached hydrogen (secondary N) is 2. The number of halogens is 1. The van der Waals surface area contributed by atoms with Crippen LogP contribution >= 0.6 is 11.6 Å². The van der Waals surface area contributed by atoms with Gasteiger partial charge in [0.2, 0.25) is 0 Å². The minimum absolute atomic E-state index is 0.188. The zero-order chi connectivity index (χ0) is 18.4. The second-order valence-electron chi connectivity index (χ2n) is 4.82. The van der Waals surface area contributed by atoms with Crippen molar-refractivity contribution >= 4 is 23.4 Å². The molecule has 0 bridgehead atoms. The number of rotatable bonds is 5. The van der Waals surface area contributed by atoms with Gasteiger partial charge in [0, 0.05) is 5.02 Å². The molecule has 2 N–H and O–H groups in total. The van der Waals surface area contributed by atoms with Gasteiger partial charge in [-0.1, -0.05) is 11.6 Å². The van der Waals surface area contributed by atoms with Gasteiger partial charge in [0.05, 0.1) is 32.5 Å². The van der Waals surface area contributed by atoms with Gasteiger partial charge >= 0.3 is 0 Å². The quantitative estimate of drug-likeness (QED) is 0.796. The van der Waals surface area contributed by atoms with Crippen LogP contribution in [0.3, 0.4) is 0 Å². The van der Waals surface area contributed by atoms with Crippen LogP contribution in [0.25, 0.3) is 0 Å². The number of hydrogen-bond donors (Lipinski definition) is 2. The molecule has 7 nitrogen and oxygen atoms in total. The normalized spacial score (nSPS) is 9.92. The van der Waals surface area contributed by atoms with Crippen molar-refractivity contribution in [3.63, 3.8) is 0 Å². The molecule has 0 aliphatic rings. The third-order valence-corrected chi connectivity index (χ3v) is 3.58. The highest BCUT2D eigenvalue weighted by Crippen LogP contribution is 2.24. The Hall–Kier alpha value is -2.93. The number of hydrogen-bond acceptors (Lipinski definition) is 5. The van der Waals surface area contributed by atoms with E-state index in [0.717, 1.165) is 0 Å². The first-order chi connectivity index (χ1) is 12.0. The molecule has 0 atom stereocenters. The molecule has 8 heteroatoms. The minimum atomic E-state index is -0.574. The molecule has 132 valence electrons. The number of amides is 2. The molecular formula is C17H17ClN2O5. The molecule has 0 fully saturated rings. The van der Waals surface area contributed by atoms with Crippen LogP contribution in [0.15, 0.2) is 36.4 Å². The lowest BCUT2D eigenvalue weighted by Crippen LogP contribution is -2.41. The van der Waals surface area contributed by atoms with Crippen LogP contribution in [0, 0.1) is 0 Å². The van der Waals surface area contributed by atoms with Crippen LogP contribution in [0.1, 0.15) is 20.7 Å². The number of ether oxygens (including phenoxy) is 3. The monoisotopic (exact) mass is 364 g/mol. The lowest BCUT2D eigenvalue weighted by molar-refractivity contribution is 0.0843. The van der Waals surface area contributed by atoms with E-state index in [4.69, 9.17) is 25.8 Å². The highest BCUT2D eigenvalue weighted by molar-refractivity contribution is 6.31. The summed E-state index contributed by atoms with van der Waals surface area (Å²) in [6, 6.07) is 9.34. The lowest BCUT2D eigenvalue weighted by Gasteiger charge is -2.13. The van der Waals surface area contributed by atoms with Crippen LogP contribution in [-0.4, -0.2) is 33.1 Å². The Labute approximate surface area is 149 Å². The molecule has 0 saturated carbocycles. The Morgan fingerprint density at radius 1 is 0.800 bits per heavy atom. The SMILES string of the molecule is COc1ccc(OC)c(C(=O)NNC(=O)c2cc(Cl)ccc2OC)c1. The summed E-state index contributed by atoms with van der Waals surface area (Å²) >= 11 is 5.90. The number of benzene rings is 2. The van der Waals surface area contributed by atoms with E-state index in [1.54, 1.807) is 24.3 Å². The third kappa shape index (κ3) is 4.33. The molecule has 0 aromatic heterocycles. The summed E-state index contributed by atoms with van der Waals surface area (Å²) in [5.41, 5.74) is 5.03. The first-order valence-corrected chi connectivity index (χ1v) is 7.54. The maximum absolute atomic E-state index is 12.3. The summed E-state index contributed by atoms with van der Waals surface area (Å²) in [7, 11) is 4.35. The summed E-state index contributed by atoms with van der Waals surface area (Å²) in [6.07, 6.45) is 0. The van der Waals surface area contributed by atoms with Gasteiger partial charge in [0.25, 0.3) is 11.8 Å². The molecular weight excluding hydrogens is 348 g/mol. The molecule has 0 spiro atoms. The summed E-state index contributed by atoms with van der Waals surface area (Å²) in [6.45, 7) is 0. The highest BCUT2D eigenvalue weighted by atomic mass is 35.5. The highest BCUT2D eigenvalue weighted by Gasteiger charge is 2.17. The molecule has 2 aromatic carbocycles. The second kappa shape index (κ2) is 8.25. The van der Waals surface area contributed by atoms with Crippen LogP contribution in [0.4, 0.5) is 0 Å². The van der Waals surface area contributed by atoms with Crippen molar-refractivity contribution in [2.45, 2.75) is 0 Å². The zero-order valence-electron chi connectivity index (χ0n) is 13.9. The standard InChI is InChI=1S/C17H17ClN2O5/c1-23-11-5-7-15(25-3)13(9-11)17(22)20-19-16(21)12-8-10(18)4-6-14(12)24-2/h4-9H,1-3H3,(H,19,21)(H,20,22). The summed E-state index contributed by atoms with van der Waals surface area (Å²) < 4.78 is 15.3. The predicted octanol–water partition coefficient (Wildman–Crippen LogP) is 2.44. The topological polar surface area (TPSA) is 85.9 Å². The van der Waals surface area contributed by atoms with Crippen molar-refractivity contribution in [2.24, 2.45) is 0 Å². The number of methoxy groups -OCH3 is 3. The van der Waals surface area contributed by atoms with Crippen molar-refractivity contribution < 1.29 is 23.8 Å². The molecule has 25 heavy (non-hydrogen) atoms. The Kier molecular flexibility index (Phi) is 6.08. The molecule has 2 rings (SSSR count). The van der Waals surface area contributed by atoms with Gasteiger partial charge in [-0.25, -0.2) is 0 Å². The fourth-order valence-electron chi connectivity index (χ4n) is 2.10. The van der Waals surface area contributed by atoms with Gasteiger partial charge < -0.3 is 14.2 Å². The van der Waals surface area contributed by atoms with Crippen molar-refractivity contribution in [1.29, 1.82) is 0 Å². The Morgan fingerprint density at radius 3 is 1.84 bits per heavy atom. The van der Waals surface area contributed by atoms with Crippen LogP contribution in [0.2, 0.25) is 5.02 Å². The average molecular weight is 365 g/mol. The van der Waals surface area contributed by atoms with E-state index in [1.807, 2.05) is 0 Å². The van der Waals surface area contributed by atoms with Gasteiger partial charge in [-0.05, 0) is 36.4 Å². The van der Waals surface area contributed by atoms with E-state index >= 15 is 0 Å². The van der Waals surface area contributed by atoms with E-state index < -0.39 is 11.8 Å². The van der Waals surface area contributed by atoms with E-state index in [1.165, 1.54) is 33.5 Å². The van der Waals surface area contributed by atoms with Crippen LogP contribution < -0.4 is 25.1 Å². The molecule has 2 amide bonds. The maximum atomic E-state index is 12.3. The lowest BCUT2D eigenvalue weighted by atomic mass is 10.1. The van der Waals surface area contributed by atoms with E-state index in [0.29, 0.717) is 22.3 Å². The van der Waals surface area contributed by atoms with Gasteiger partial charge in [0.15, 0.2) is 0 Å². The largest absolute Gasteiger partial charge is 0.497 e. The van der Waals surface area contributed by atoms with Crippen LogP contribution in [0.5, 0.6) is 17.2 Å². The van der Waals surface area contributed by atoms with Crippen LogP contribution in [-0.2, 0) is 0 Å². The molecule has 0 unspecified atom stereocenters. The average Bonchev–Trinajstić information content (AvgIpc) is 2.65. The van der Waals surface area contributed by atoms with Crippen molar-refractivity contribution in [1.82, 2.24) is 10.9 Å². The van der Waals surface area contributed by atoms with Gasteiger partial charge in [0.1, 0.15) is 17.2 Å². The van der Waals surface area contributed by atoms with Gasteiger partial charge in [-0.15, -0.1) is 0 Å². The number of hydrazine groups is 1. The Morgan fingerprint density at radius 2 is 1.32 bits per heavy atom. The summed E-state index contributed by atoms with van der Waals surface area (Å²) in [5, 5.41) is 0.367. The minimum Gasteiger partial charge on any atom is -0.497 e. The van der Waals surface area contributed by atoms with Crippen molar-refractivity contribution in [3.05, 3.63) is 52.5 Å². The Bertz CT molecular complexity index is 795. The molecule has 0 aliphatic heterocycles. The first-order valence-electron chi connectivity index (χ1n) is 7.16. The van der Waals surface area contributed by atoms with E-state index in [-0.39, 0.29) is 11.1 Å². The fourth-order valence-corrected chi connectivity index (χ4v) is 2.27. The summed E-state index contributed by atoms with van der Waals surface area (Å²) in [5.74, 6) is 0.0106. The summed E-state index contributed by atoms with van der Waals surface area (Å²) in [4.78, 5) is 24.6. The van der Waals surface area contributed by atoms with E-state index in [9.17, 15) is 9.59 Å². The maximum Gasteiger partial charge on any atom is 0.273 e. The molecule has 0 radical (unpaired) electrons. The smallest absolute Gasteiger partial charge is 0.273 e. The molecule has 0 aliphatic carbocycles. The van der Waals surface area contributed by atoms with Crippen molar-refractivity contribution in [3.8, 4) is 17.2 Å². The first kappa shape index (κ1) is 18.4. The second-order valence-corrected chi connectivity index (χ2v) is 5.26. The number of carbonyl (C=O) groups is 2. The molecule has 0 heterocycles. The zero-order valence-corrected chi connectivity index (χ0v) is 14.6. The van der Waals surface area contributed by atoms with E-state index in [2.05, 4.69) is 10.9 Å². The Balaban J connectivity index is 2.15. The predicted molar refractivity (Wildman–Crippen MR) is 92.5 cm³/mol.